The fraction of sp³-hybridized carbons (Fsp3) is 0.556. The van der Waals surface area contributed by atoms with Crippen LogP contribution in [0.25, 0.3) is 0 Å². The van der Waals surface area contributed by atoms with Gasteiger partial charge in [0, 0.05) is 6.42 Å². The van der Waals surface area contributed by atoms with E-state index < -0.39 is 60.6 Å². The lowest BCUT2D eigenvalue weighted by atomic mass is 10.0. The Kier molecular flexibility index (Phi) is 11.1. The minimum atomic E-state index is -7.08. The summed E-state index contributed by atoms with van der Waals surface area (Å²) in [6, 6.07) is 8.62. The molecule has 1 N–H and O–H groups in total. The topological polar surface area (TPSA) is 91.3 Å². The summed E-state index contributed by atoms with van der Waals surface area (Å²) in [5.41, 5.74) is 0.788. The Hall–Kier alpha value is -2.24. The first-order chi connectivity index (χ1) is 16.1. The quantitative estimate of drug-likeness (QED) is 0.114. The number of carbonyl (C=O) groups excluding carboxylic acids is 2. The summed E-state index contributed by atoms with van der Waals surface area (Å²) < 4.78 is 128. The molecule has 0 spiro atoms. The highest BCUT2D eigenvalue weighted by Gasteiger charge is 2.81. The molecule has 0 heterocycles. The molecule has 1 rings (SSSR count). The van der Waals surface area contributed by atoms with E-state index in [0.29, 0.717) is 0 Å². The number of hydrogen-bond acceptors (Lipinski definition) is 8. The highest BCUT2D eigenvalue weighted by atomic mass is 32.2. The Morgan fingerprint density at radius 1 is 0.886 bits per heavy atom. The molecular formula is C18H17F9O7S. The van der Waals surface area contributed by atoms with Crippen LogP contribution in [0.4, 0.5) is 39.5 Å². The first kappa shape index (κ1) is 30.8. The lowest BCUT2D eigenvalue weighted by molar-refractivity contribution is -0.432. The molecule has 1 atom stereocenters. The van der Waals surface area contributed by atoms with E-state index in [2.05, 4.69) is 14.1 Å². The van der Waals surface area contributed by atoms with E-state index in [1.807, 2.05) is 0 Å². The Bertz CT molecular complexity index is 822. The van der Waals surface area contributed by atoms with Gasteiger partial charge in [-0.05, 0) is 5.56 Å². The lowest BCUT2D eigenvalue weighted by Gasteiger charge is -2.33. The van der Waals surface area contributed by atoms with Crippen LogP contribution in [-0.4, -0.2) is 59.6 Å². The van der Waals surface area contributed by atoms with Gasteiger partial charge in [-0.25, -0.2) is 5.26 Å². The van der Waals surface area contributed by atoms with Gasteiger partial charge in [-0.2, -0.15) is 39.5 Å². The van der Waals surface area contributed by atoms with E-state index in [9.17, 15) is 49.1 Å². The number of carbonyl (C=O) groups is 2. The van der Waals surface area contributed by atoms with Gasteiger partial charge in [0.25, 0.3) is 0 Å². The van der Waals surface area contributed by atoms with Crippen LogP contribution in [0.15, 0.2) is 30.3 Å². The summed E-state index contributed by atoms with van der Waals surface area (Å²) in [7, 11) is 0. The van der Waals surface area contributed by atoms with Crippen molar-refractivity contribution in [3.8, 4) is 0 Å². The minimum Gasteiger partial charge on any atom is -0.465 e. The van der Waals surface area contributed by atoms with E-state index >= 15 is 0 Å². The van der Waals surface area contributed by atoms with E-state index in [1.165, 1.54) is 0 Å². The standard InChI is InChI=1S/C18H17F9O7S/c19-15(20,16(21,22)17(23,24)18(25,26)27)7-9-32-14(29)12(35-34-33-30)10-13(28)31-8-6-11-4-2-1-3-5-11/h1-5,12,30H,6-10H2. The monoisotopic (exact) mass is 548 g/mol. The average Bonchev–Trinajstić information content (AvgIpc) is 2.76. The molecule has 0 aliphatic rings. The molecular weight excluding hydrogens is 531 g/mol. The molecule has 0 aliphatic carbocycles. The molecule has 1 unspecified atom stereocenters. The highest BCUT2D eigenvalue weighted by Crippen LogP contribution is 2.53. The van der Waals surface area contributed by atoms with Gasteiger partial charge >= 0.3 is 35.9 Å². The molecule has 0 bridgehead atoms. The maximum atomic E-state index is 13.5. The van der Waals surface area contributed by atoms with Crippen molar-refractivity contribution in [2.45, 2.75) is 48.5 Å². The van der Waals surface area contributed by atoms with Crippen LogP contribution in [0.1, 0.15) is 18.4 Å². The Morgan fingerprint density at radius 2 is 1.49 bits per heavy atom. The third-order valence-corrected chi connectivity index (χ3v) is 4.90. The summed E-state index contributed by atoms with van der Waals surface area (Å²) in [6.07, 6.45) is -10.0. The highest BCUT2D eigenvalue weighted by molar-refractivity contribution is 7.95. The van der Waals surface area contributed by atoms with Crippen LogP contribution < -0.4 is 0 Å². The lowest BCUT2D eigenvalue weighted by Crippen LogP contribution is -2.61. The van der Waals surface area contributed by atoms with Crippen molar-refractivity contribution in [1.82, 2.24) is 0 Å². The van der Waals surface area contributed by atoms with Crippen molar-refractivity contribution in [3.05, 3.63) is 35.9 Å². The van der Waals surface area contributed by atoms with Gasteiger partial charge in [-0.15, -0.1) is 4.33 Å². The van der Waals surface area contributed by atoms with Crippen LogP contribution >= 0.6 is 12.0 Å². The number of ether oxygens (including phenoxy) is 2. The summed E-state index contributed by atoms with van der Waals surface area (Å²) in [4.78, 5) is 23.8. The molecule has 1 aromatic rings. The fourth-order valence-electron chi connectivity index (χ4n) is 2.30. The SMILES string of the molecule is O=C(CC(SOOO)C(=O)OCCC(F)(F)C(F)(F)C(F)(F)C(F)(F)F)OCCc1ccccc1. The first-order valence-electron chi connectivity index (χ1n) is 9.26. The summed E-state index contributed by atoms with van der Waals surface area (Å²) >= 11 is -0.0931. The van der Waals surface area contributed by atoms with Gasteiger partial charge in [-0.3, -0.25) is 9.59 Å². The maximum absolute atomic E-state index is 13.5. The Labute approximate surface area is 195 Å². The summed E-state index contributed by atoms with van der Waals surface area (Å²) in [6.45, 7) is -1.89. The number of rotatable bonds is 14. The average molecular weight is 548 g/mol. The first-order valence-corrected chi connectivity index (χ1v) is 10.1. The Balaban J connectivity index is 2.67. The van der Waals surface area contributed by atoms with E-state index in [1.54, 1.807) is 30.3 Å². The second-order valence-corrected chi connectivity index (χ2v) is 7.55. The van der Waals surface area contributed by atoms with Crippen molar-refractivity contribution < 1.29 is 73.2 Å². The summed E-state index contributed by atoms with van der Waals surface area (Å²) in [5, 5.41) is 9.57. The molecule has 35 heavy (non-hydrogen) atoms. The van der Waals surface area contributed by atoms with Gasteiger partial charge < -0.3 is 9.47 Å². The molecule has 0 fully saturated rings. The van der Waals surface area contributed by atoms with Gasteiger partial charge in [0.15, 0.2) is 0 Å². The minimum absolute atomic E-state index is 0.0931. The third-order valence-electron chi connectivity index (χ3n) is 4.17. The zero-order valence-electron chi connectivity index (χ0n) is 17.2. The Morgan fingerprint density at radius 3 is 2.03 bits per heavy atom. The van der Waals surface area contributed by atoms with Crippen molar-refractivity contribution in [3.63, 3.8) is 0 Å². The third kappa shape index (κ3) is 8.43. The fourth-order valence-corrected chi connectivity index (χ4v) is 2.78. The smallest absolute Gasteiger partial charge is 0.460 e. The van der Waals surface area contributed by atoms with Crippen LogP contribution in [0.3, 0.4) is 0 Å². The largest absolute Gasteiger partial charge is 0.465 e. The van der Waals surface area contributed by atoms with Crippen molar-refractivity contribution in [1.29, 1.82) is 0 Å². The van der Waals surface area contributed by atoms with Crippen molar-refractivity contribution >= 4 is 24.0 Å². The number of benzene rings is 1. The van der Waals surface area contributed by atoms with E-state index in [-0.39, 0.29) is 25.1 Å². The van der Waals surface area contributed by atoms with Gasteiger partial charge in [0.05, 0.1) is 38.1 Å². The normalized spacial score (nSPS) is 13.9. The summed E-state index contributed by atoms with van der Waals surface area (Å²) in [5.74, 6) is -22.6. The molecule has 0 saturated heterocycles. The molecule has 200 valence electrons. The number of esters is 2. The van der Waals surface area contributed by atoms with Gasteiger partial charge in [0.2, 0.25) is 0 Å². The van der Waals surface area contributed by atoms with Gasteiger partial charge in [-0.1, -0.05) is 35.4 Å². The van der Waals surface area contributed by atoms with Gasteiger partial charge in [0.1, 0.15) is 5.25 Å². The molecule has 1 aromatic carbocycles. The number of halogens is 9. The molecule has 0 aliphatic heterocycles. The van der Waals surface area contributed by atoms with Crippen molar-refractivity contribution in [2.24, 2.45) is 0 Å². The molecule has 0 radical (unpaired) electrons. The zero-order valence-corrected chi connectivity index (χ0v) is 18.0. The molecule has 7 nitrogen and oxygen atoms in total. The predicted octanol–water partition coefficient (Wildman–Crippen LogP) is 5.00. The van der Waals surface area contributed by atoms with Crippen LogP contribution in [-0.2, 0) is 34.9 Å². The molecule has 0 saturated carbocycles. The van der Waals surface area contributed by atoms with Crippen molar-refractivity contribution in [2.75, 3.05) is 13.2 Å². The predicted molar refractivity (Wildman–Crippen MR) is 98.4 cm³/mol. The van der Waals surface area contributed by atoms with Crippen LogP contribution in [0.5, 0.6) is 0 Å². The zero-order chi connectivity index (χ0) is 26.9. The second-order valence-electron chi connectivity index (χ2n) is 6.66. The molecule has 17 heteroatoms. The number of hydrogen-bond donors (Lipinski definition) is 1. The van der Waals surface area contributed by atoms with Crippen LogP contribution in [0, 0.1) is 0 Å². The van der Waals surface area contributed by atoms with Crippen LogP contribution in [0.2, 0.25) is 0 Å². The second kappa shape index (κ2) is 12.6. The van der Waals surface area contributed by atoms with E-state index in [4.69, 9.17) is 9.99 Å². The van der Waals surface area contributed by atoms with E-state index in [0.717, 1.165) is 5.56 Å². The number of alkyl halides is 9. The maximum Gasteiger partial charge on any atom is 0.460 e. The molecule has 0 amide bonds. The molecule has 0 aromatic heterocycles.